The summed E-state index contributed by atoms with van der Waals surface area (Å²) >= 11 is 5.05. The highest BCUT2D eigenvalue weighted by molar-refractivity contribution is 9.10. The fourth-order valence-corrected chi connectivity index (χ4v) is 3.22. The van der Waals surface area contributed by atoms with Gasteiger partial charge in [0.05, 0.1) is 25.4 Å². The number of carbonyl (C=O) groups excluding carboxylic acids is 1. The minimum Gasteiger partial charge on any atom is -0.497 e. The van der Waals surface area contributed by atoms with Crippen LogP contribution in [0.4, 0.5) is 5.82 Å². The van der Waals surface area contributed by atoms with Gasteiger partial charge in [0, 0.05) is 15.4 Å². The van der Waals surface area contributed by atoms with E-state index in [1.165, 1.54) is 4.88 Å². The smallest absolute Gasteiger partial charge is 0.258 e. The van der Waals surface area contributed by atoms with Crippen molar-refractivity contribution in [2.45, 2.75) is 6.54 Å². The third-order valence-corrected chi connectivity index (χ3v) is 4.81. The number of halogens is 1. The third-order valence-electron chi connectivity index (χ3n) is 3.26. The Kier molecular flexibility index (Phi) is 4.78. The minimum absolute atomic E-state index is 0.219. The molecule has 3 aromatic rings. The predicted octanol–water partition coefficient (Wildman–Crippen LogP) is 4.02. The van der Waals surface area contributed by atoms with Crippen molar-refractivity contribution in [2.24, 2.45) is 0 Å². The van der Waals surface area contributed by atoms with Crippen LogP contribution in [0.2, 0.25) is 0 Å². The Hall–Kier alpha value is -2.12. The molecular formula is C16H14BrN3O2S. The number of thiophene rings is 1. The zero-order chi connectivity index (χ0) is 16.2. The number of benzene rings is 1. The number of nitrogens with one attached hydrogen (secondary N) is 1. The van der Waals surface area contributed by atoms with Gasteiger partial charge < -0.3 is 10.1 Å². The molecule has 0 aliphatic rings. The molecule has 0 radical (unpaired) electrons. The second-order valence-corrected chi connectivity index (χ2v) is 6.64. The lowest BCUT2D eigenvalue weighted by Crippen LogP contribution is -2.16. The summed E-state index contributed by atoms with van der Waals surface area (Å²) in [6.45, 7) is 0.625. The zero-order valence-electron chi connectivity index (χ0n) is 12.3. The average molecular weight is 392 g/mol. The molecule has 0 bridgehead atoms. The van der Waals surface area contributed by atoms with Gasteiger partial charge in [-0.25, -0.2) is 4.68 Å². The molecule has 0 atom stereocenters. The van der Waals surface area contributed by atoms with E-state index in [4.69, 9.17) is 4.74 Å². The topological polar surface area (TPSA) is 56.1 Å². The molecule has 1 N–H and O–H groups in total. The second-order valence-electron chi connectivity index (χ2n) is 4.75. The lowest BCUT2D eigenvalue weighted by molar-refractivity contribution is 0.102. The average Bonchev–Trinajstić information content (AvgIpc) is 3.21. The summed E-state index contributed by atoms with van der Waals surface area (Å²) < 4.78 is 7.64. The molecule has 0 unspecified atom stereocenters. The fraction of sp³-hybridized carbons (Fsp3) is 0.125. The van der Waals surface area contributed by atoms with Gasteiger partial charge in [-0.1, -0.05) is 6.07 Å². The van der Waals surface area contributed by atoms with Gasteiger partial charge >= 0.3 is 0 Å². The van der Waals surface area contributed by atoms with Crippen molar-refractivity contribution in [1.82, 2.24) is 9.78 Å². The Labute approximate surface area is 146 Å². The molecule has 0 fully saturated rings. The largest absolute Gasteiger partial charge is 0.497 e. The second kappa shape index (κ2) is 6.97. The summed E-state index contributed by atoms with van der Waals surface area (Å²) in [5, 5.41) is 9.18. The van der Waals surface area contributed by atoms with Gasteiger partial charge in [-0.2, -0.15) is 5.10 Å². The van der Waals surface area contributed by atoms with Crippen molar-refractivity contribution < 1.29 is 9.53 Å². The Bertz CT molecular complexity index is 815. The Morgan fingerprint density at radius 2 is 2.26 bits per heavy atom. The lowest BCUT2D eigenvalue weighted by Gasteiger charge is -2.10. The summed E-state index contributed by atoms with van der Waals surface area (Å²) in [4.78, 5) is 13.7. The molecule has 0 aliphatic heterocycles. The Morgan fingerprint density at radius 1 is 1.39 bits per heavy atom. The maximum atomic E-state index is 12.5. The van der Waals surface area contributed by atoms with Gasteiger partial charge in [0.25, 0.3) is 5.91 Å². The van der Waals surface area contributed by atoms with Crippen molar-refractivity contribution >= 4 is 39.0 Å². The number of methoxy groups -OCH3 is 1. The number of carbonyl (C=O) groups is 1. The molecule has 118 valence electrons. The van der Waals surface area contributed by atoms with Gasteiger partial charge in [-0.3, -0.25) is 4.79 Å². The molecule has 0 saturated heterocycles. The summed E-state index contributed by atoms with van der Waals surface area (Å²) in [5.74, 6) is 1.06. The van der Waals surface area contributed by atoms with E-state index in [0.29, 0.717) is 28.1 Å². The predicted molar refractivity (Wildman–Crippen MR) is 94.3 cm³/mol. The summed E-state index contributed by atoms with van der Waals surface area (Å²) in [7, 11) is 1.57. The van der Waals surface area contributed by atoms with Gasteiger partial charge in [-0.15, -0.1) is 11.3 Å². The van der Waals surface area contributed by atoms with Crippen molar-refractivity contribution in [1.29, 1.82) is 0 Å². The molecule has 0 spiro atoms. The first kappa shape index (κ1) is 15.8. The maximum Gasteiger partial charge on any atom is 0.258 e. The van der Waals surface area contributed by atoms with E-state index in [1.807, 2.05) is 17.5 Å². The molecule has 23 heavy (non-hydrogen) atoms. The van der Waals surface area contributed by atoms with Gasteiger partial charge in [-0.05, 0) is 45.6 Å². The molecule has 2 aromatic heterocycles. The molecule has 7 heteroatoms. The van der Waals surface area contributed by atoms with Crippen molar-refractivity contribution in [3.8, 4) is 5.75 Å². The van der Waals surface area contributed by atoms with Crippen molar-refractivity contribution in [3.05, 3.63) is 62.9 Å². The van der Waals surface area contributed by atoms with E-state index in [1.54, 1.807) is 53.6 Å². The Morgan fingerprint density at radius 3 is 3.00 bits per heavy atom. The molecular weight excluding hydrogens is 378 g/mol. The molecule has 0 aliphatic carbocycles. The molecule has 3 rings (SSSR count). The third kappa shape index (κ3) is 3.62. The lowest BCUT2D eigenvalue weighted by atomic mass is 10.2. The van der Waals surface area contributed by atoms with E-state index in [9.17, 15) is 4.79 Å². The highest BCUT2D eigenvalue weighted by Crippen LogP contribution is 2.24. The van der Waals surface area contributed by atoms with Gasteiger partial charge in [0.15, 0.2) is 0 Å². The summed E-state index contributed by atoms with van der Waals surface area (Å²) in [6.07, 6.45) is 1.67. The van der Waals surface area contributed by atoms with E-state index >= 15 is 0 Å². The van der Waals surface area contributed by atoms with Crippen LogP contribution in [0, 0.1) is 0 Å². The highest BCUT2D eigenvalue weighted by Gasteiger charge is 2.14. The highest BCUT2D eigenvalue weighted by atomic mass is 79.9. The first-order chi connectivity index (χ1) is 11.2. The van der Waals surface area contributed by atoms with Crippen LogP contribution in [0.3, 0.4) is 0 Å². The van der Waals surface area contributed by atoms with Crippen LogP contribution in [0.1, 0.15) is 15.2 Å². The number of hydrogen-bond acceptors (Lipinski definition) is 4. The van der Waals surface area contributed by atoms with Crippen molar-refractivity contribution in [3.63, 3.8) is 0 Å². The van der Waals surface area contributed by atoms with Crippen LogP contribution < -0.4 is 10.1 Å². The van der Waals surface area contributed by atoms with E-state index in [2.05, 4.69) is 26.3 Å². The molecule has 0 saturated carbocycles. The standard InChI is InChI=1S/C16H14BrN3O2S/c1-22-11-4-5-14(17)13(9-11)16(21)19-15-6-7-18-20(15)10-12-3-2-8-23-12/h2-9H,10H2,1H3,(H,19,21). The van der Waals surface area contributed by atoms with Crippen LogP contribution in [0.5, 0.6) is 5.75 Å². The molecule has 2 heterocycles. The van der Waals surface area contributed by atoms with Crippen molar-refractivity contribution in [2.75, 3.05) is 12.4 Å². The molecule has 5 nitrogen and oxygen atoms in total. The van der Waals surface area contributed by atoms with Gasteiger partial charge in [0.2, 0.25) is 0 Å². The maximum absolute atomic E-state index is 12.5. The van der Waals surface area contributed by atoms with Crippen LogP contribution in [-0.2, 0) is 6.54 Å². The normalized spacial score (nSPS) is 10.5. The van der Waals surface area contributed by atoms with Gasteiger partial charge in [0.1, 0.15) is 11.6 Å². The number of nitrogens with zero attached hydrogens (tertiary/aromatic N) is 2. The van der Waals surface area contributed by atoms with E-state index < -0.39 is 0 Å². The molecule has 1 amide bonds. The summed E-state index contributed by atoms with van der Waals surface area (Å²) in [5.41, 5.74) is 0.508. The van der Waals surface area contributed by atoms with E-state index in [0.717, 1.165) is 0 Å². The number of aromatic nitrogens is 2. The Balaban J connectivity index is 1.80. The number of anilines is 1. The molecule has 1 aromatic carbocycles. The summed E-state index contributed by atoms with van der Waals surface area (Å²) in [6, 6.07) is 11.1. The minimum atomic E-state index is -0.219. The monoisotopic (exact) mass is 391 g/mol. The number of amides is 1. The van der Waals surface area contributed by atoms with Crippen LogP contribution in [0.25, 0.3) is 0 Å². The first-order valence-corrected chi connectivity index (χ1v) is 8.53. The quantitative estimate of drug-likeness (QED) is 0.714. The fourth-order valence-electron chi connectivity index (χ4n) is 2.10. The van der Waals surface area contributed by atoms with Crippen LogP contribution in [0.15, 0.2) is 52.4 Å². The van der Waals surface area contributed by atoms with Crippen LogP contribution in [-0.4, -0.2) is 22.8 Å². The number of ether oxygens (including phenoxy) is 1. The number of rotatable bonds is 5. The SMILES string of the molecule is COc1ccc(Br)c(C(=O)Nc2ccnn2Cc2cccs2)c1. The number of hydrogen-bond donors (Lipinski definition) is 1. The zero-order valence-corrected chi connectivity index (χ0v) is 14.7. The first-order valence-electron chi connectivity index (χ1n) is 6.86. The van der Waals surface area contributed by atoms with E-state index in [-0.39, 0.29) is 5.91 Å². The van der Waals surface area contributed by atoms with Crippen LogP contribution >= 0.6 is 27.3 Å².